The molecule has 5 nitrogen and oxygen atoms in total. The van der Waals surface area contributed by atoms with Crippen molar-refractivity contribution in [2.24, 2.45) is 11.8 Å². The molecular weight excluding hydrogens is 328 g/mol. The van der Waals surface area contributed by atoms with Crippen molar-refractivity contribution < 1.29 is 14.9 Å². The van der Waals surface area contributed by atoms with Gasteiger partial charge in [-0.25, -0.2) is 0 Å². The van der Waals surface area contributed by atoms with Gasteiger partial charge in [-0.3, -0.25) is 9.88 Å². The smallest absolute Gasteiger partial charge is 0.138 e. The molecule has 2 aliphatic rings. The van der Waals surface area contributed by atoms with Crippen molar-refractivity contribution in [1.82, 2.24) is 9.88 Å². The number of aryl methyl sites for hydroxylation is 1. The number of aromatic hydroxyl groups is 1. The summed E-state index contributed by atoms with van der Waals surface area (Å²) in [5.74, 6) is 2.38. The monoisotopic (exact) mass is 354 g/mol. The fourth-order valence-electron chi connectivity index (χ4n) is 4.35. The van der Waals surface area contributed by atoms with Gasteiger partial charge in [0.05, 0.1) is 18.4 Å². The first-order valence-electron chi connectivity index (χ1n) is 9.35. The van der Waals surface area contributed by atoms with Crippen LogP contribution in [0.3, 0.4) is 0 Å². The van der Waals surface area contributed by atoms with Gasteiger partial charge < -0.3 is 14.9 Å². The van der Waals surface area contributed by atoms with Gasteiger partial charge >= 0.3 is 0 Å². The quantitative estimate of drug-likeness (QED) is 0.864. The zero-order chi connectivity index (χ0) is 18.1. The number of hydrogen-bond acceptors (Lipinski definition) is 5. The van der Waals surface area contributed by atoms with Gasteiger partial charge in [0.15, 0.2) is 0 Å². The van der Waals surface area contributed by atoms with Crippen LogP contribution in [0.1, 0.15) is 30.2 Å². The van der Waals surface area contributed by atoms with Gasteiger partial charge in [-0.1, -0.05) is 12.1 Å². The first-order valence-corrected chi connectivity index (χ1v) is 9.35. The Labute approximate surface area is 154 Å². The number of aliphatic hydroxyl groups is 1. The predicted molar refractivity (Wildman–Crippen MR) is 99.1 cm³/mol. The van der Waals surface area contributed by atoms with Crippen LogP contribution in [-0.2, 0) is 0 Å². The number of hydrogen-bond donors (Lipinski definition) is 2. The number of pyridine rings is 1. The molecule has 0 radical (unpaired) electrons. The first-order chi connectivity index (χ1) is 12.6. The fourth-order valence-corrected chi connectivity index (χ4v) is 4.35. The number of phenolic OH excluding ortho intramolecular Hbond substituents is 1. The fraction of sp³-hybridized carbons (Fsp3) is 0.476. The van der Waals surface area contributed by atoms with E-state index >= 15 is 0 Å². The number of phenols is 1. The molecule has 2 aromatic rings. The van der Waals surface area contributed by atoms with Gasteiger partial charge in [0, 0.05) is 25.3 Å². The van der Waals surface area contributed by atoms with Crippen LogP contribution in [0.2, 0.25) is 0 Å². The molecule has 4 atom stereocenters. The van der Waals surface area contributed by atoms with Gasteiger partial charge in [0.25, 0.3) is 0 Å². The molecule has 0 amide bonds. The van der Waals surface area contributed by atoms with E-state index in [1.54, 1.807) is 24.3 Å². The predicted octanol–water partition coefficient (Wildman–Crippen LogP) is 2.92. The highest BCUT2D eigenvalue weighted by Crippen LogP contribution is 2.40. The molecule has 1 aliphatic carbocycles. The second-order valence-corrected chi connectivity index (χ2v) is 7.69. The summed E-state index contributed by atoms with van der Waals surface area (Å²) in [5, 5.41) is 19.8. The number of nitrogens with zero attached hydrogens (tertiary/aromatic N) is 2. The summed E-state index contributed by atoms with van der Waals surface area (Å²) in [6, 6.07) is 10.8. The summed E-state index contributed by atoms with van der Waals surface area (Å²) < 4.78 is 6.11. The van der Waals surface area contributed by atoms with Gasteiger partial charge in [0.2, 0.25) is 0 Å². The van der Waals surface area contributed by atoms with E-state index in [9.17, 15) is 10.2 Å². The highest BCUT2D eigenvalue weighted by atomic mass is 16.5. The van der Waals surface area contributed by atoms with Crippen LogP contribution < -0.4 is 4.74 Å². The number of ether oxygens (including phenoxy) is 1. The Morgan fingerprint density at radius 3 is 2.42 bits per heavy atom. The van der Waals surface area contributed by atoms with Crippen molar-refractivity contribution >= 4 is 0 Å². The minimum atomic E-state index is -0.514. The molecule has 2 N–H and O–H groups in total. The van der Waals surface area contributed by atoms with Crippen molar-refractivity contribution in [3.63, 3.8) is 0 Å². The Morgan fingerprint density at radius 2 is 1.81 bits per heavy atom. The number of rotatable bonds is 5. The standard InChI is InChI=1S/C21H26N2O3/c1-14-2-7-19(10-22-14)26-20-8-16-11-23(12-17(16)9-20)13-21(25)15-3-5-18(24)6-4-15/h2-7,10,16-17,20-21,24-25H,8-9,11-13H2,1H3/t16-,17+,20+,21?. The molecule has 1 saturated carbocycles. The summed E-state index contributed by atoms with van der Waals surface area (Å²) >= 11 is 0. The zero-order valence-corrected chi connectivity index (χ0v) is 15.1. The number of likely N-dealkylation sites (tertiary alicyclic amines) is 1. The van der Waals surface area contributed by atoms with Gasteiger partial charge in [-0.2, -0.15) is 0 Å². The van der Waals surface area contributed by atoms with E-state index in [0.717, 1.165) is 42.9 Å². The molecular formula is C21H26N2O3. The third-order valence-corrected chi connectivity index (χ3v) is 5.68. The van der Waals surface area contributed by atoms with E-state index in [4.69, 9.17) is 4.74 Å². The van der Waals surface area contributed by atoms with Crippen LogP contribution in [0.4, 0.5) is 0 Å². The third kappa shape index (κ3) is 3.84. The molecule has 1 aliphatic heterocycles. The second-order valence-electron chi connectivity index (χ2n) is 7.69. The minimum absolute atomic E-state index is 0.228. The Bertz CT molecular complexity index is 718. The number of aliphatic hydroxyl groups excluding tert-OH is 1. The van der Waals surface area contributed by atoms with Gasteiger partial charge in [0.1, 0.15) is 11.5 Å². The largest absolute Gasteiger partial charge is 0.508 e. The molecule has 0 bridgehead atoms. The van der Waals surface area contributed by atoms with E-state index in [0.29, 0.717) is 18.4 Å². The Hall–Kier alpha value is -2.11. The minimum Gasteiger partial charge on any atom is -0.508 e. The molecule has 2 heterocycles. The summed E-state index contributed by atoms with van der Waals surface area (Å²) in [4.78, 5) is 6.65. The highest BCUT2D eigenvalue weighted by Gasteiger charge is 2.42. The van der Waals surface area contributed by atoms with Crippen molar-refractivity contribution in [2.75, 3.05) is 19.6 Å². The van der Waals surface area contributed by atoms with Crippen molar-refractivity contribution in [3.05, 3.63) is 53.9 Å². The molecule has 1 unspecified atom stereocenters. The molecule has 26 heavy (non-hydrogen) atoms. The average molecular weight is 354 g/mol. The van der Waals surface area contributed by atoms with Crippen molar-refractivity contribution in [1.29, 1.82) is 0 Å². The maximum absolute atomic E-state index is 10.4. The van der Waals surface area contributed by atoms with Crippen LogP contribution in [0.25, 0.3) is 0 Å². The lowest BCUT2D eigenvalue weighted by atomic mass is 10.0. The summed E-state index contributed by atoms with van der Waals surface area (Å²) in [7, 11) is 0. The third-order valence-electron chi connectivity index (χ3n) is 5.68. The second kappa shape index (κ2) is 7.25. The SMILES string of the molecule is Cc1ccc(O[C@H]2C[C@@H]3CN(CC(O)c4ccc(O)cc4)C[C@@H]3C2)cn1. The maximum Gasteiger partial charge on any atom is 0.138 e. The molecule has 5 heteroatoms. The Kier molecular flexibility index (Phi) is 4.83. The van der Waals surface area contributed by atoms with E-state index in [-0.39, 0.29) is 11.9 Å². The van der Waals surface area contributed by atoms with E-state index < -0.39 is 6.10 Å². The molecule has 0 spiro atoms. The number of benzene rings is 1. The first kappa shape index (κ1) is 17.3. The molecule has 1 aromatic carbocycles. The normalized spacial score (nSPS) is 26.6. The Balaban J connectivity index is 1.28. The molecule has 1 aromatic heterocycles. The number of aromatic nitrogens is 1. The molecule has 2 fully saturated rings. The maximum atomic E-state index is 10.4. The van der Waals surface area contributed by atoms with Crippen LogP contribution in [0.5, 0.6) is 11.5 Å². The van der Waals surface area contributed by atoms with E-state index in [1.807, 2.05) is 25.3 Å². The summed E-state index contributed by atoms with van der Waals surface area (Å²) in [6.07, 6.45) is 3.72. The summed E-state index contributed by atoms with van der Waals surface area (Å²) in [5.41, 5.74) is 1.86. The lowest BCUT2D eigenvalue weighted by molar-refractivity contribution is 0.116. The van der Waals surface area contributed by atoms with Crippen LogP contribution >= 0.6 is 0 Å². The van der Waals surface area contributed by atoms with E-state index in [2.05, 4.69) is 9.88 Å². The van der Waals surface area contributed by atoms with Crippen LogP contribution in [0, 0.1) is 18.8 Å². The van der Waals surface area contributed by atoms with Crippen LogP contribution in [0.15, 0.2) is 42.6 Å². The van der Waals surface area contributed by atoms with Gasteiger partial charge in [-0.15, -0.1) is 0 Å². The molecule has 138 valence electrons. The van der Waals surface area contributed by atoms with Crippen molar-refractivity contribution in [3.8, 4) is 11.5 Å². The average Bonchev–Trinajstić information content (AvgIpc) is 3.15. The Morgan fingerprint density at radius 1 is 1.12 bits per heavy atom. The van der Waals surface area contributed by atoms with Crippen LogP contribution in [-0.4, -0.2) is 45.8 Å². The van der Waals surface area contributed by atoms with Gasteiger partial charge in [-0.05, 0) is 61.4 Å². The van der Waals surface area contributed by atoms with E-state index in [1.165, 1.54) is 0 Å². The lowest BCUT2D eigenvalue weighted by Gasteiger charge is -2.22. The lowest BCUT2D eigenvalue weighted by Crippen LogP contribution is -2.28. The summed E-state index contributed by atoms with van der Waals surface area (Å²) in [6.45, 7) is 4.66. The molecule has 4 rings (SSSR count). The van der Waals surface area contributed by atoms with Crippen molar-refractivity contribution in [2.45, 2.75) is 32.0 Å². The number of β-amino-alcohol motifs (C(OH)–C–C–N with tert-alkyl or cyclic N) is 1. The zero-order valence-electron chi connectivity index (χ0n) is 15.1. The number of fused-ring (bicyclic) bond motifs is 1. The topological polar surface area (TPSA) is 65.8 Å². The highest BCUT2D eigenvalue weighted by molar-refractivity contribution is 5.27. The molecule has 1 saturated heterocycles.